The number of nitrogens with one attached hydrogen (secondary N) is 1. The maximum atomic E-state index is 12.1. The van der Waals surface area contributed by atoms with E-state index >= 15 is 0 Å². The summed E-state index contributed by atoms with van der Waals surface area (Å²) in [6.45, 7) is 5.74. The molecule has 0 saturated carbocycles. The minimum absolute atomic E-state index is 0.125. The van der Waals surface area contributed by atoms with E-state index in [4.69, 9.17) is 9.15 Å². The van der Waals surface area contributed by atoms with E-state index in [1.807, 2.05) is 24.6 Å². The van der Waals surface area contributed by atoms with Gasteiger partial charge in [0, 0.05) is 13.2 Å². The van der Waals surface area contributed by atoms with Crippen LogP contribution in [0.1, 0.15) is 40.5 Å². The molecule has 3 heterocycles. The van der Waals surface area contributed by atoms with Gasteiger partial charge in [-0.05, 0) is 54.8 Å². The minimum Gasteiger partial charge on any atom is -0.454 e. The SMILES string of the molecule is Cc1nn(Cc2ccc(C(=O)NC[C@H]3CCCO3)o2)c(C)c1Br. The minimum atomic E-state index is -0.207. The van der Waals surface area contributed by atoms with E-state index in [-0.39, 0.29) is 12.0 Å². The Kier molecular flexibility index (Phi) is 4.87. The van der Waals surface area contributed by atoms with E-state index in [1.54, 1.807) is 6.07 Å². The third kappa shape index (κ3) is 3.67. The molecule has 1 aliphatic rings. The lowest BCUT2D eigenvalue weighted by Gasteiger charge is -2.09. The molecular weight excluding hydrogens is 362 g/mol. The molecular formula is C16H20BrN3O3. The molecule has 1 N–H and O–H groups in total. The van der Waals surface area contributed by atoms with E-state index in [9.17, 15) is 4.79 Å². The average Bonchev–Trinajstić information content (AvgIpc) is 3.25. The molecule has 1 amide bonds. The molecule has 6 nitrogen and oxygen atoms in total. The lowest BCUT2D eigenvalue weighted by atomic mass is 10.2. The van der Waals surface area contributed by atoms with Crippen molar-refractivity contribution in [1.29, 1.82) is 0 Å². The van der Waals surface area contributed by atoms with Gasteiger partial charge in [0.05, 0.1) is 28.5 Å². The summed E-state index contributed by atoms with van der Waals surface area (Å²) < 4.78 is 14.0. The van der Waals surface area contributed by atoms with Crippen molar-refractivity contribution in [3.05, 3.63) is 39.5 Å². The van der Waals surface area contributed by atoms with Crippen molar-refractivity contribution in [2.24, 2.45) is 0 Å². The normalized spacial score (nSPS) is 17.6. The molecule has 2 aromatic rings. The molecule has 1 fully saturated rings. The first kappa shape index (κ1) is 16.3. The van der Waals surface area contributed by atoms with Gasteiger partial charge in [-0.1, -0.05) is 0 Å². The number of hydrogen-bond donors (Lipinski definition) is 1. The Morgan fingerprint density at radius 1 is 1.48 bits per heavy atom. The summed E-state index contributed by atoms with van der Waals surface area (Å²) in [5.74, 6) is 0.810. The van der Waals surface area contributed by atoms with Gasteiger partial charge in [-0.15, -0.1) is 0 Å². The number of carbonyl (C=O) groups is 1. The van der Waals surface area contributed by atoms with Gasteiger partial charge in [0.2, 0.25) is 0 Å². The quantitative estimate of drug-likeness (QED) is 0.864. The molecule has 0 radical (unpaired) electrons. The van der Waals surface area contributed by atoms with Crippen molar-refractivity contribution in [3.63, 3.8) is 0 Å². The summed E-state index contributed by atoms with van der Waals surface area (Å²) in [7, 11) is 0. The van der Waals surface area contributed by atoms with E-state index in [0.29, 0.717) is 24.6 Å². The van der Waals surface area contributed by atoms with Gasteiger partial charge in [-0.2, -0.15) is 5.10 Å². The highest BCUT2D eigenvalue weighted by Crippen LogP contribution is 2.21. The van der Waals surface area contributed by atoms with Gasteiger partial charge < -0.3 is 14.5 Å². The molecule has 1 atom stereocenters. The van der Waals surface area contributed by atoms with E-state index in [2.05, 4.69) is 26.3 Å². The van der Waals surface area contributed by atoms with Gasteiger partial charge in [0.15, 0.2) is 5.76 Å². The Labute approximate surface area is 143 Å². The van der Waals surface area contributed by atoms with Crippen LogP contribution in [0.4, 0.5) is 0 Å². The van der Waals surface area contributed by atoms with Gasteiger partial charge in [-0.25, -0.2) is 0 Å². The Hall–Kier alpha value is -1.60. The molecule has 0 spiro atoms. The van der Waals surface area contributed by atoms with Crippen molar-refractivity contribution in [3.8, 4) is 0 Å². The predicted octanol–water partition coefficient (Wildman–Crippen LogP) is 2.81. The zero-order valence-electron chi connectivity index (χ0n) is 13.3. The third-order valence-electron chi connectivity index (χ3n) is 4.00. The lowest BCUT2D eigenvalue weighted by Crippen LogP contribution is -2.31. The average molecular weight is 382 g/mol. The van der Waals surface area contributed by atoms with Crippen LogP contribution >= 0.6 is 15.9 Å². The molecule has 124 valence electrons. The number of aryl methyl sites for hydroxylation is 1. The van der Waals surface area contributed by atoms with Crippen LogP contribution in [0.2, 0.25) is 0 Å². The monoisotopic (exact) mass is 381 g/mol. The van der Waals surface area contributed by atoms with Crippen LogP contribution in [0, 0.1) is 13.8 Å². The second kappa shape index (κ2) is 6.88. The van der Waals surface area contributed by atoms with Crippen LogP contribution in [-0.4, -0.2) is 34.9 Å². The van der Waals surface area contributed by atoms with Crippen LogP contribution < -0.4 is 5.32 Å². The van der Waals surface area contributed by atoms with Crippen molar-refractivity contribution >= 4 is 21.8 Å². The van der Waals surface area contributed by atoms with Gasteiger partial charge in [0.25, 0.3) is 5.91 Å². The van der Waals surface area contributed by atoms with Gasteiger partial charge in [0.1, 0.15) is 5.76 Å². The maximum Gasteiger partial charge on any atom is 0.287 e. The molecule has 1 aliphatic heterocycles. The Morgan fingerprint density at radius 3 is 2.96 bits per heavy atom. The molecule has 2 aromatic heterocycles. The first-order valence-electron chi connectivity index (χ1n) is 7.72. The van der Waals surface area contributed by atoms with Crippen molar-refractivity contribution < 1.29 is 13.9 Å². The molecule has 0 unspecified atom stereocenters. The summed E-state index contributed by atoms with van der Waals surface area (Å²) in [5, 5.41) is 7.30. The fraction of sp³-hybridized carbons (Fsp3) is 0.500. The number of amides is 1. The van der Waals surface area contributed by atoms with Crippen LogP contribution in [0.25, 0.3) is 0 Å². The topological polar surface area (TPSA) is 69.3 Å². The zero-order chi connectivity index (χ0) is 16.4. The number of hydrogen-bond acceptors (Lipinski definition) is 4. The number of nitrogens with zero attached hydrogens (tertiary/aromatic N) is 2. The lowest BCUT2D eigenvalue weighted by molar-refractivity contribution is 0.0833. The number of carbonyl (C=O) groups excluding carboxylic acids is 1. The van der Waals surface area contributed by atoms with Gasteiger partial charge >= 0.3 is 0 Å². The summed E-state index contributed by atoms with van der Waals surface area (Å²) in [6, 6.07) is 3.51. The second-order valence-electron chi connectivity index (χ2n) is 5.75. The smallest absolute Gasteiger partial charge is 0.287 e. The van der Waals surface area contributed by atoms with E-state index in [1.165, 1.54) is 0 Å². The number of halogens is 1. The van der Waals surface area contributed by atoms with Crippen LogP contribution in [0.3, 0.4) is 0 Å². The fourth-order valence-electron chi connectivity index (χ4n) is 2.66. The van der Waals surface area contributed by atoms with Gasteiger partial charge in [-0.3, -0.25) is 9.48 Å². The number of rotatable bonds is 5. The molecule has 23 heavy (non-hydrogen) atoms. The summed E-state index contributed by atoms with van der Waals surface area (Å²) in [5.41, 5.74) is 1.96. The van der Waals surface area contributed by atoms with Crippen molar-refractivity contribution in [2.45, 2.75) is 39.3 Å². The Bertz CT molecular complexity index is 701. The molecule has 7 heteroatoms. The number of aromatic nitrogens is 2. The Balaban J connectivity index is 1.60. The summed E-state index contributed by atoms with van der Waals surface area (Å²) in [6.07, 6.45) is 2.18. The predicted molar refractivity (Wildman–Crippen MR) is 88.5 cm³/mol. The summed E-state index contributed by atoms with van der Waals surface area (Å²) in [4.78, 5) is 12.1. The first-order valence-corrected chi connectivity index (χ1v) is 8.52. The number of furan rings is 1. The molecule has 0 aromatic carbocycles. The second-order valence-corrected chi connectivity index (χ2v) is 6.55. The highest BCUT2D eigenvalue weighted by atomic mass is 79.9. The van der Waals surface area contributed by atoms with Crippen molar-refractivity contribution in [1.82, 2.24) is 15.1 Å². The highest BCUT2D eigenvalue weighted by Gasteiger charge is 2.18. The fourth-order valence-corrected chi connectivity index (χ4v) is 2.94. The van der Waals surface area contributed by atoms with Crippen LogP contribution in [0.15, 0.2) is 21.0 Å². The Morgan fingerprint density at radius 2 is 2.30 bits per heavy atom. The van der Waals surface area contributed by atoms with E-state index < -0.39 is 0 Å². The summed E-state index contributed by atoms with van der Waals surface area (Å²) >= 11 is 3.50. The largest absolute Gasteiger partial charge is 0.454 e. The van der Waals surface area contributed by atoms with E-state index in [0.717, 1.165) is 35.3 Å². The van der Waals surface area contributed by atoms with Crippen LogP contribution in [0.5, 0.6) is 0 Å². The van der Waals surface area contributed by atoms with Crippen LogP contribution in [-0.2, 0) is 11.3 Å². The first-order chi connectivity index (χ1) is 11.0. The molecule has 0 aliphatic carbocycles. The number of ether oxygens (including phenoxy) is 1. The maximum absolute atomic E-state index is 12.1. The molecule has 3 rings (SSSR count). The highest BCUT2D eigenvalue weighted by molar-refractivity contribution is 9.10. The standard InChI is InChI=1S/C16H20BrN3O3/c1-10-15(17)11(2)20(19-10)9-13-5-6-14(23-13)16(21)18-8-12-4-3-7-22-12/h5-6,12H,3-4,7-9H2,1-2H3,(H,18,21)/t12-/m1/s1. The van der Waals surface area contributed by atoms with Crippen molar-refractivity contribution in [2.75, 3.05) is 13.2 Å². The third-order valence-corrected chi connectivity index (χ3v) is 5.15. The zero-order valence-corrected chi connectivity index (χ0v) is 14.9. The molecule has 1 saturated heterocycles. The molecule has 0 bridgehead atoms.